The molecular weight excluding hydrogens is 397 g/mol. The van der Waals surface area contributed by atoms with E-state index in [1.807, 2.05) is 6.07 Å². The highest BCUT2D eigenvalue weighted by Crippen LogP contribution is 2.22. The molecule has 0 saturated carbocycles. The number of halogens is 2. The van der Waals surface area contributed by atoms with Crippen molar-refractivity contribution in [3.8, 4) is 6.07 Å². The van der Waals surface area contributed by atoms with Gasteiger partial charge >= 0.3 is 11.4 Å². The number of nitriles is 1. The molecule has 1 aromatic heterocycles. The summed E-state index contributed by atoms with van der Waals surface area (Å²) in [6.07, 6.45) is 0. The van der Waals surface area contributed by atoms with Gasteiger partial charge in [-0.05, 0) is 49.7 Å². The van der Waals surface area contributed by atoms with E-state index in [2.05, 4.69) is 10.3 Å². The van der Waals surface area contributed by atoms with E-state index in [1.165, 1.54) is 28.8 Å². The maximum Gasteiger partial charge on any atom is 0.355 e. The zero-order chi connectivity index (χ0) is 21.1. The minimum Gasteiger partial charge on any atom is -0.325 e. The second-order valence-corrected chi connectivity index (χ2v) is 7.02. The van der Waals surface area contributed by atoms with E-state index in [4.69, 9.17) is 16.9 Å². The lowest BCUT2D eigenvalue weighted by Gasteiger charge is -2.17. The summed E-state index contributed by atoms with van der Waals surface area (Å²) in [6, 6.07) is 11.9. The number of anilines is 2. The van der Waals surface area contributed by atoms with Crippen LogP contribution in [0.5, 0.6) is 0 Å². The summed E-state index contributed by atoms with van der Waals surface area (Å²) in [6.45, 7) is 3.48. The minimum absolute atomic E-state index is 0.00689. The van der Waals surface area contributed by atoms with Gasteiger partial charge < -0.3 is 5.32 Å². The molecule has 0 saturated heterocycles. The SMILES string of the molecule is CC(C)n1c(=O)nc(Nc2ccc(Cl)c(C#N)c2)n(Cc2ccc(F)cc2)c1=O. The average molecular weight is 414 g/mol. The molecule has 1 heterocycles. The lowest BCUT2D eigenvalue weighted by Crippen LogP contribution is -2.43. The van der Waals surface area contributed by atoms with Crippen LogP contribution in [0.25, 0.3) is 0 Å². The van der Waals surface area contributed by atoms with Crippen molar-refractivity contribution in [3.63, 3.8) is 0 Å². The molecule has 0 fully saturated rings. The standard InChI is InChI=1S/C20H17ClFN5O2/c1-12(2)27-19(28)25-18(24-16-7-8-17(21)14(9-16)10-23)26(20(27)29)11-13-3-5-15(22)6-4-13/h3-9,12H,11H2,1-2H3,(H,24,25,28). The monoisotopic (exact) mass is 413 g/mol. The molecule has 3 rings (SSSR count). The van der Waals surface area contributed by atoms with E-state index >= 15 is 0 Å². The molecule has 7 nitrogen and oxygen atoms in total. The molecule has 29 heavy (non-hydrogen) atoms. The van der Waals surface area contributed by atoms with Crippen LogP contribution in [-0.2, 0) is 6.54 Å². The van der Waals surface area contributed by atoms with Crippen molar-refractivity contribution in [1.82, 2.24) is 14.1 Å². The van der Waals surface area contributed by atoms with Gasteiger partial charge in [0.1, 0.15) is 11.9 Å². The number of nitrogens with zero attached hydrogens (tertiary/aromatic N) is 4. The molecule has 148 valence electrons. The fourth-order valence-corrected chi connectivity index (χ4v) is 2.94. The van der Waals surface area contributed by atoms with Crippen LogP contribution in [0.3, 0.4) is 0 Å². The Bertz CT molecular complexity index is 1210. The molecule has 0 radical (unpaired) electrons. The molecule has 0 bridgehead atoms. The number of hydrogen-bond acceptors (Lipinski definition) is 5. The first-order valence-corrected chi connectivity index (χ1v) is 9.12. The summed E-state index contributed by atoms with van der Waals surface area (Å²) in [5.74, 6) is -0.387. The molecule has 0 spiro atoms. The van der Waals surface area contributed by atoms with Gasteiger partial charge in [-0.15, -0.1) is 0 Å². The molecule has 0 amide bonds. The first-order valence-electron chi connectivity index (χ1n) is 8.74. The number of nitrogens with one attached hydrogen (secondary N) is 1. The van der Waals surface area contributed by atoms with Gasteiger partial charge in [-0.3, -0.25) is 4.57 Å². The van der Waals surface area contributed by atoms with Crippen LogP contribution in [0, 0.1) is 17.1 Å². The Labute approximate surface area is 170 Å². The molecule has 9 heteroatoms. The van der Waals surface area contributed by atoms with Crippen LogP contribution in [0.2, 0.25) is 5.02 Å². The third kappa shape index (κ3) is 4.36. The second kappa shape index (κ2) is 8.29. The molecular formula is C20H17ClFN5O2. The van der Waals surface area contributed by atoms with Gasteiger partial charge in [0, 0.05) is 11.7 Å². The number of benzene rings is 2. The fourth-order valence-electron chi connectivity index (χ4n) is 2.78. The Kier molecular flexibility index (Phi) is 5.80. The van der Waals surface area contributed by atoms with Crippen LogP contribution >= 0.6 is 11.6 Å². The topological polar surface area (TPSA) is 92.7 Å². The number of aromatic nitrogens is 3. The summed E-state index contributed by atoms with van der Waals surface area (Å²) in [7, 11) is 0. The Morgan fingerprint density at radius 3 is 2.52 bits per heavy atom. The molecule has 0 aliphatic carbocycles. The highest BCUT2D eigenvalue weighted by atomic mass is 35.5. The van der Waals surface area contributed by atoms with Crippen molar-refractivity contribution in [2.45, 2.75) is 26.4 Å². The average Bonchev–Trinajstić information content (AvgIpc) is 2.67. The predicted octanol–water partition coefficient (Wildman–Crippen LogP) is 3.44. The van der Waals surface area contributed by atoms with E-state index in [0.717, 1.165) is 4.57 Å². The fraction of sp³-hybridized carbons (Fsp3) is 0.200. The van der Waals surface area contributed by atoms with Gasteiger partial charge in [-0.2, -0.15) is 10.2 Å². The van der Waals surface area contributed by atoms with Crippen LogP contribution in [-0.4, -0.2) is 14.1 Å². The Morgan fingerprint density at radius 1 is 1.21 bits per heavy atom. The minimum atomic E-state index is -0.697. The van der Waals surface area contributed by atoms with Crippen molar-refractivity contribution in [1.29, 1.82) is 5.26 Å². The maximum absolute atomic E-state index is 13.2. The summed E-state index contributed by atoms with van der Waals surface area (Å²) in [4.78, 5) is 29.4. The largest absolute Gasteiger partial charge is 0.355 e. The van der Waals surface area contributed by atoms with Gasteiger partial charge in [0.15, 0.2) is 0 Å². The summed E-state index contributed by atoms with van der Waals surface area (Å²) in [5.41, 5.74) is 0.0757. The highest BCUT2D eigenvalue weighted by molar-refractivity contribution is 6.31. The van der Waals surface area contributed by atoms with Gasteiger partial charge in [0.05, 0.1) is 17.1 Å². The van der Waals surface area contributed by atoms with Crippen LogP contribution in [0.15, 0.2) is 52.1 Å². The third-order valence-corrected chi connectivity index (χ3v) is 4.54. The van der Waals surface area contributed by atoms with Crippen molar-refractivity contribution >= 4 is 23.2 Å². The molecule has 0 atom stereocenters. The van der Waals surface area contributed by atoms with Gasteiger partial charge in [0.25, 0.3) is 0 Å². The number of hydrogen-bond donors (Lipinski definition) is 1. The molecule has 1 N–H and O–H groups in total. The zero-order valence-electron chi connectivity index (χ0n) is 15.7. The number of rotatable bonds is 5. The van der Waals surface area contributed by atoms with Gasteiger partial charge in [-0.1, -0.05) is 23.7 Å². The first-order chi connectivity index (χ1) is 13.8. The lowest BCUT2D eigenvalue weighted by atomic mass is 10.2. The van der Waals surface area contributed by atoms with E-state index in [1.54, 1.807) is 32.0 Å². The molecule has 0 aliphatic rings. The van der Waals surface area contributed by atoms with Crippen molar-refractivity contribution in [2.24, 2.45) is 0 Å². The molecule has 0 aliphatic heterocycles. The van der Waals surface area contributed by atoms with E-state index in [9.17, 15) is 14.0 Å². The molecule has 0 unspecified atom stereocenters. The second-order valence-electron chi connectivity index (χ2n) is 6.61. The van der Waals surface area contributed by atoms with E-state index in [0.29, 0.717) is 11.3 Å². The summed E-state index contributed by atoms with van der Waals surface area (Å²) < 4.78 is 15.5. The van der Waals surface area contributed by atoms with Crippen LogP contribution in [0.1, 0.15) is 31.0 Å². The van der Waals surface area contributed by atoms with Crippen molar-refractivity contribution < 1.29 is 4.39 Å². The molecule has 3 aromatic rings. The van der Waals surface area contributed by atoms with E-state index < -0.39 is 23.2 Å². The Morgan fingerprint density at radius 2 is 1.90 bits per heavy atom. The van der Waals surface area contributed by atoms with E-state index in [-0.39, 0.29) is 23.1 Å². The summed E-state index contributed by atoms with van der Waals surface area (Å²) in [5, 5.41) is 12.3. The maximum atomic E-state index is 13.2. The quantitative estimate of drug-likeness (QED) is 0.691. The summed E-state index contributed by atoms with van der Waals surface area (Å²) >= 11 is 5.95. The normalized spacial score (nSPS) is 10.8. The van der Waals surface area contributed by atoms with Crippen molar-refractivity contribution in [3.05, 3.63) is 85.4 Å². The first kappa shape index (κ1) is 20.3. The smallest absolute Gasteiger partial charge is 0.325 e. The Balaban J connectivity index is 2.12. The highest BCUT2D eigenvalue weighted by Gasteiger charge is 2.16. The third-order valence-electron chi connectivity index (χ3n) is 4.21. The predicted molar refractivity (Wildman–Crippen MR) is 108 cm³/mol. The van der Waals surface area contributed by atoms with Crippen LogP contribution in [0.4, 0.5) is 16.0 Å². The van der Waals surface area contributed by atoms with Crippen LogP contribution < -0.4 is 16.7 Å². The van der Waals surface area contributed by atoms with Gasteiger partial charge in [-0.25, -0.2) is 18.5 Å². The van der Waals surface area contributed by atoms with Crippen molar-refractivity contribution in [2.75, 3.05) is 5.32 Å². The lowest BCUT2D eigenvalue weighted by molar-refractivity contribution is 0.497. The van der Waals surface area contributed by atoms with Gasteiger partial charge in [0.2, 0.25) is 5.95 Å². The Hall–Kier alpha value is -3.44. The zero-order valence-corrected chi connectivity index (χ0v) is 16.4. The molecule has 2 aromatic carbocycles.